The van der Waals surface area contributed by atoms with Crippen molar-refractivity contribution < 1.29 is 23.4 Å². The summed E-state index contributed by atoms with van der Waals surface area (Å²) in [4.78, 5) is 0. The summed E-state index contributed by atoms with van der Waals surface area (Å²) in [6, 6.07) is 5.75. The van der Waals surface area contributed by atoms with Gasteiger partial charge in [0.2, 0.25) is 0 Å². The topological polar surface area (TPSA) is 64.7 Å². The monoisotopic (exact) mass is 417 g/mol. The Morgan fingerprint density at radius 1 is 1.04 bits per heavy atom. The number of hydrogen-bond acceptors (Lipinski definition) is 4. The highest BCUT2D eigenvalue weighted by Gasteiger charge is 2.25. The van der Waals surface area contributed by atoms with Gasteiger partial charge in [0.05, 0.1) is 35.4 Å². The highest BCUT2D eigenvalue weighted by Crippen LogP contribution is 2.34. The smallest absolute Gasteiger partial charge is 0.191 e. The highest BCUT2D eigenvalue weighted by molar-refractivity contribution is 6.42. The second-order valence-electron chi connectivity index (χ2n) is 6.39. The molecule has 0 aliphatic carbocycles. The third-order valence-corrected chi connectivity index (χ3v) is 5.22. The lowest BCUT2D eigenvalue weighted by atomic mass is 9.96. The fourth-order valence-electron chi connectivity index (χ4n) is 2.93. The molecule has 3 rings (SSSR count). The summed E-state index contributed by atoms with van der Waals surface area (Å²) < 4.78 is 39.5. The Morgan fingerprint density at radius 2 is 1.67 bits per heavy atom. The van der Waals surface area contributed by atoms with Crippen LogP contribution in [0.15, 0.2) is 30.3 Å². The van der Waals surface area contributed by atoms with Crippen LogP contribution in [0.25, 0.3) is 0 Å². The largest absolute Gasteiger partial charge is 0.484 e. The molecular weight excluding hydrogens is 399 g/mol. The predicted molar refractivity (Wildman–Crippen MR) is 99.2 cm³/mol. The molecule has 3 N–H and O–H groups in total. The number of nitrogens with two attached hydrogens (primary N) is 1. The molecule has 8 heteroatoms. The van der Waals surface area contributed by atoms with Gasteiger partial charge in [0.1, 0.15) is 6.10 Å². The van der Waals surface area contributed by atoms with Crippen molar-refractivity contribution >= 4 is 23.2 Å². The van der Waals surface area contributed by atoms with Gasteiger partial charge in [-0.25, -0.2) is 8.78 Å². The Morgan fingerprint density at radius 3 is 2.26 bits per heavy atom. The number of aliphatic hydroxyl groups is 1. The minimum atomic E-state index is -1.34. The summed E-state index contributed by atoms with van der Waals surface area (Å²) in [6.07, 6.45) is -0.531. The quantitative estimate of drug-likeness (QED) is 0.747. The lowest BCUT2D eigenvalue weighted by molar-refractivity contribution is 0.0222. The Bertz CT molecular complexity index is 793. The normalized spacial score (nSPS) is 17.6. The minimum Gasteiger partial charge on any atom is -0.484 e. The van der Waals surface area contributed by atoms with Crippen molar-refractivity contribution in [3.8, 4) is 5.75 Å². The molecule has 0 radical (unpaired) electrons. The molecule has 1 aliphatic rings. The van der Waals surface area contributed by atoms with Gasteiger partial charge in [-0.05, 0) is 35.4 Å². The van der Waals surface area contributed by atoms with Crippen LogP contribution < -0.4 is 10.5 Å². The zero-order chi connectivity index (χ0) is 19.6. The van der Waals surface area contributed by atoms with E-state index in [1.165, 1.54) is 12.1 Å². The molecule has 1 heterocycles. The summed E-state index contributed by atoms with van der Waals surface area (Å²) >= 11 is 11.8. The van der Waals surface area contributed by atoms with Crippen molar-refractivity contribution in [2.45, 2.75) is 31.1 Å². The van der Waals surface area contributed by atoms with E-state index in [4.69, 9.17) is 38.4 Å². The summed E-state index contributed by atoms with van der Waals surface area (Å²) in [5.74, 6) is -2.24. The molecule has 4 nitrogen and oxygen atoms in total. The molecule has 0 bridgehead atoms. The Kier molecular flexibility index (Phi) is 6.55. The zero-order valence-corrected chi connectivity index (χ0v) is 15.8. The van der Waals surface area contributed by atoms with Crippen LogP contribution in [-0.4, -0.2) is 24.4 Å². The van der Waals surface area contributed by atoms with Crippen molar-refractivity contribution in [1.82, 2.24) is 0 Å². The third kappa shape index (κ3) is 4.70. The van der Waals surface area contributed by atoms with Crippen LogP contribution in [0.5, 0.6) is 5.75 Å². The van der Waals surface area contributed by atoms with Crippen molar-refractivity contribution in [2.75, 3.05) is 13.2 Å². The molecule has 0 aromatic heterocycles. The highest BCUT2D eigenvalue weighted by atomic mass is 35.5. The summed E-state index contributed by atoms with van der Waals surface area (Å²) in [6.45, 7) is 0.979. The maximum atomic E-state index is 14.4. The van der Waals surface area contributed by atoms with Crippen molar-refractivity contribution in [3.63, 3.8) is 0 Å². The van der Waals surface area contributed by atoms with Crippen molar-refractivity contribution in [1.29, 1.82) is 0 Å². The summed E-state index contributed by atoms with van der Waals surface area (Å²) in [7, 11) is 0. The Labute approximate surface area is 165 Å². The van der Waals surface area contributed by atoms with Crippen LogP contribution in [0.1, 0.15) is 36.1 Å². The summed E-state index contributed by atoms with van der Waals surface area (Å²) in [5, 5.41) is 11.1. The molecule has 1 fully saturated rings. The fraction of sp³-hybridized carbons (Fsp3) is 0.368. The van der Waals surface area contributed by atoms with Crippen LogP contribution in [0.3, 0.4) is 0 Å². The van der Waals surface area contributed by atoms with Crippen LogP contribution in [0, 0.1) is 11.6 Å². The number of aliphatic hydroxyl groups excluding tert-OH is 1. The first-order chi connectivity index (χ1) is 12.9. The summed E-state index contributed by atoms with van der Waals surface area (Å²) in [5.41, 5.74) is 6.52. The molecule has 2 aromatic rings. The molecule has 2 atom stereocenters. The Hall–Kier alpha value is -1.44. The molecule has 1 saturated heterocycles. The fourth-order valence-corrected chi connectivity index (χ4v) is 3.24. The molecule has 2 unspecified atom stereocenters. The van der Waals surface area contributed by atoms with E-state index in [-0.39, 0.29) is 16.7 Å². The van der Waals surface area contributed by atoms with Crippen LogP contribution in [0.2, 0.25) is 10.0 Å². The van der Waals surface area contributed by atoms with Gasteiger partial charge in [0.15, 0.2) is 17.4 Å². The van der Waals surface area contributed by atoms with E-state index in [2.05, 4.69) is 0 Å². The van der Waals surface area contributed by atoms with Gasteiger partial charge >= 0.3 is 0 Å². The van der Waals surface area contributed by atoms with E-state index in [0.717, 1.165) is 12.1 Å². The molecule has 146 valence electrons. The van der Waals surface area contributed by atoms with E-state index in [1.807, 2.05) is 0 Å². The number of hydrogen-bond donors (Lipinski definition) is 2. The van der Waals surface area contributed by atoms with Gasteiger partial charge in [-0.1, -0.05) is 29.3 Å². The molecular formula is C19H19Cl2F2NO3. The van der Waals surface area contributed by atoms with Gasteiger partial charge in [0.25, 0.3) is 0 Å². The van der Waals surface area contributed by atoms with Gasteiger partial charge in [-0.3, -0.25) is 0 Å². The zero-order valence-electron chi connectivity index (χ0n) is 14.3. The van der Waals surface area contributed by atoms with Crippen molar-refractivity contribution in [2.24, 2.45) is 5.73 Å². The van der Waals surface area contributed by atoms with Crippen LogP contribution >= 0.6 is 23.2 Å². The number of ether oxygens (including phenoxy) is 2. The van der Waals surface area contributed by atoms with E-state index < -0.39 is 29.5 Å². The number of halogens is 4. The molecule has 0 amide bonds. The second-order valence-corrected chi connectivity index (χ2v) is 7.20. The van der Waals surface area contributed by atoms with Gasteiger partial charge < -0.3 is 20.3 Å². The molecule has 0 saturated carbocycles. The predicted octanol–water partition coefficient (Wildman–Crippen LogP) is 4.56. The lowest BCUT2D eigenvalue weighted by Crippen LogP contribution is -2.26. The Balaban J connectivity index is 1.80. The maximum Gasteiger partial charge on any atom is 0.191 e. The second kappa shape index (κ2) is 8.71. The molecule has 0 spiro atoms. The van der Waals surface area contributed by atoms with Gasteiger partial charge in [-0.15, -0.1) is 0 Å². The first-order valence-corrected chi connectivity index (χ1v) is 9.24. The number of benzene rings is 2. The molecule has 1 aliphatic heterocycles. The van der Waals surface area contributed by atoms with E-state index in [1.54, 1.807) is 6.07 Å². The average Bonchev–Trinajstić information content (AvgIpc) is 2.66. The first-order valence-electron chi connectivity index (χ1n) is 8.48. The maximum absolute atomic E-state index is 14.4. The van der Waals surface area contributed by atoms with Crippen molar-refractivity contribution in [3.05, 3.63) is 63.1 Å². The van der Waals surface area contributed by atoms with E-state index >= 15 is 0 Å². The van der Waals surface area contributed by atoms with E-state index in [0.29, 0.717) is 36.6 Å². The molecule has 2 aromatic carbocycles. The standard InChI is InChI=1S/C19H19Cl2F2NO3/c20-13-2-1-10(7-14(13)21)17(24)18(25)11-8-15(22)19(16(23)9-11)27-12-3-5-26-6-4-12/h1-2,7-9,12,17-18,25H,3-6,24H2. The minimum absolute atomic E-state index is 0.00269. The lowest BCUT2D eigenvalue weighted by Gasteiger charge is -2.25. The first kappa shape index (κ1) is 20.3. The van der Waals surface area contributed by atoms with Crippen LogP contribution in [0.4, 0.5) is 8.78 Å². The van der Waals surface area contributed by atoms with Gasteiger partial charge in [0, 0.05) is 12.8 Å². The van der Waals surface area contributed by atoms with Crippen LogP contribution in [-0.2, 0) is 4.74 Å². The van der Waals surface area contributed by atoms with Gasteiger partial charge in [-0.2, -0.15) is 0 Å². The SMILES string of the molecule is NC(c1ccc(Cl)c(Cl)c1)C(O)c1cc(F)c(OC2CCOCC2)c(F)c1. The molecule has 27 heavy (non-hydrogen) atoms. The van der Waals surface area contributed by atoms with E-state index in [9.17, 15) is 13.9 Å². The third-order valence-electron chi connectivity index (χ3n) is 4.48. The number of rotatable bonds is 5. The average molecular weight is 418 g/mol.